The summed E-state index contributed by atoms with van der Waals surface area (Å²) in [5, 5.41) is 8.53. The number of aryl methyl sites for hydroxylation is 1. The van der Waals surface area contributed by atoms with Crippen LogP contribution in [0.3, 0.4) is 0 Å². The minimum absolute atomic E-state index is 0.124. The van der Waals surface area contributed by atoms with Crippen LogP contribution in [-0.2, 0) is 10.0 Å². The number of hydrogen-bond donors (Lipinski definition) is 2. The van der Waals surface area contributed by atoms with Crippen LogP contribution >= 0.6 is 0 Å². The molecule has 0 saturated heterocycles. The Morgan fingerprint density at radius 1 is 0.969 bits per heavy atom. The molecule has 32 heavy (non-hydrogen) atoms. The summed E-state index contributed by atoms with van der Waals surface area (Å²) in [4.78, 5) is 9.63. The lowest BCUT2D eigenvalue weighted by Crippen LogP contribution is -2.29. The van der Waals surface area contributed by atoms with Crippen LogP contribution < -0.4 is 10.0 Å². The molecule has 2 aromatic heterocycles. The summed E-state index contributed by atoms with van der Waals surface area (Å²) in [5.74, 6) is 1.45. The largest absolute Gasteiger partial charge is 0.368 e. The van der Waals surface area contributed by atoms with Gasteiger partial charge in [-0.15, -0.1) is 0 Å². The van der Waals surface area contributed by atoms with Crippen molar-refractivity contribution in [1.29, 1.82) is 0 Å². The molecule has 0 spiro atoms. The number of benzene rings is 2. The van der Waals surface area contributed by atoms with E-state index in [1.54, 1.807) is 35.1 Å². The van der Waals surface area contributed by atoms with Gasteiger partial charge in [0.2, 0.25) is 10.0 Å². The number of anilines is 1. The zero-order valence-electron chi connectivity index (χ0n) is 18.3. The monoisotopic (exact) mass is 450 g/mol. The van der Waals surface area contributed by atoms with Gasteiger partial charge in [-0.2, -0.15) is 5.10 Å². The molecule has 0 aliphatic rings. The Morgan fingerprint density at radius 2 is 1.69 bits per heavy atom. The Labute approximate surface area is 187 Å². The predicted molar refractivity (Wildman–Crippen MR) is 126 cm³/mol. The van der Waals surface area contributed by atoms with Gasteiger partial charge in [-0.1, -0.05) is 49.7 Å². The molecule has 0 atom stereocenters. The van der Waals surface area contributed by atoms with Crippen molar-refractivity contribution in [1.82, 2.24) is 24.5 Å². The highest BCUT2D eigenvalue weighted by Gasteiger charge is 2.16. The number of hydrogen-bond acceptors (Lipinski definition) is 6. The highest BCUT2D eigenvalue weighted by atomic mass is 32.2. The molecule has 2 aromatic carbocycles. The molecule has 0 saturated carbocycles. The molecular weight excluding hydrogens is 424 g/mol. The predicted octanol–water partition coefficient (Wildman–Crippen LogP) is 3.64. The second-order valence-electron chi connectivity index (χ2n) is 7.85. The van der Waals surface area contributed by atoms with E-state index in [-0.39, 0.29) is 17.4 Å². The van der Waals surface area contributed by atoms with Crippen LogP contribution in [0.5, 0.6) is 0 Å². The average Bonchev–Trinajstić information content (AvgIpc) is 3.21. The van der Waals surface area contributed by atoms with Crippen LogP contribution in [0.15, 0.2) is 65.7 Å². The molecule has 2 N–H and O–H groups in total. The van der Waals surface area contributed by atoms with E-state index in [0.29, 0.717) is 23.8 Å². The highest BCUT2D eigenvalue weighted by molar-refractivity contribution is 7.89. The van der Waals surface area contributed by atoms with E-state index in [1.807, 2.05) is 51.1 Å². The summed E-state index contributed by atoms with van der Waals surface area (Å²) in [5.41, 5.74) is 2.63. The number of rotatable bonds is 8. The van der Waals surface area contributed by atoms with Crippen LogP contribution in [0.4, 0.5) is 5.82 Å². The van der Waals surface area contributed by atoms with Gasteiger partial charge < -0.3 is 5.32 Å². The van der Waals surface area contributed by atoms with E-state index in [4.69, 9.17) is 4.98 Å². The first-order valence-corrected chi connectivity index (χ1v) is 11.9. The summed E-state index contributed by atoms with van der Waals surface area (Å²) in [6.07, 6.45) is 1.73. The fraction of sp³-hybridized carbons (Fsp3) is 0.261. The van der Waals surface area contributed by atoms with Crippen molar-refractivity contribution in [3.8, 4) is 5.69 Å². The summed E-state index contributed by atoms with van der Waals surface area (Å²) < 4.78 is 29.4. The first-order valence-electron chi connectivity index (χ1n) is 10.5. The molecule has 0 radical (unpaired) electrons. The third-order valence-corrected chi connectivity index (χ3v) is 6.48. The van der Waals surface area contributed by atoms with E-state index < -0.39 is 10.0 Å². The maximum absolute atomic E-state index is 12.5. The van der Waals surface area contributed by atoms with Gasteiger partial charge in [0.05, 0.1) is 22.2 Å². The average molecular weight is 451 g/mol. The highest BCUT2D eigenvalue weighted by Crippen LogP contribution is 2.25. The Hall–Kier alpha value is -3.30. The number of nitrogens with one attached hydrogen (secondary N) is 2. The van der Waals surface area contributed by atoms with E-state index in [1.165, 1.54) is 0 Å². The molecule has 0 unspecified atom stereocenters. The van der Waals surface area contributed by atoms with Gasteiger partial charge in [0.15, 0.2) is 5.65 Å². The SMILES string of the molecule is Cc1ccc(S(=O)(=O)NCCNc2nc(C(C)C)nc3c2cnn3-c2ccccc2)cc1. The van der Waals surface area contributed by atoms with E-state index in [9.17, 15) is 8.42 Å². The number of aromatic nitrogens is 4. The number of nitrogens with zero attached hydrogens (tertiary/aromatic N) is 4. The first kappa shape index (κ1) is 21.9. The van der Waals surface area contributed by atoms with Crippen molar-refractivity contribution >= 4 is 26.9 Å². The van der Waals surface area contributed by atoms with Crippen molar-refractivity contribution in [3.63, 3.8) is 0 Å². The quantitative estimate of drug-likeness (QED) is 0.398. The third-order valence-electron chi connectivity index (χ3n) is 5.00. The second kappa shape index (κ2) is 9.05. The fourth-order valence-electron chi connectivity index (χ4n) is 3.24. The maximum Gasteiger partial charge on any atom is 0.240 e. The van der Waals surface area contributed by atoms with Crippen molar-refractivity contribution < 1.29 is 8.42 Å². The topological polar surface area (TPSA) is 102 Å². The van der Waals surface area contributed by atoms with Crippen molar-refractivity contribution in [3.05, 3.63) is 72.2 Å². The molecule has 9 heteroatoms. The minimum atomic E-state index is -3.57. The van der Waals surface area contributed by atoms with Gasteiger partial charge in [0, 0.05) is 19.0 Å². The van der Waals surface area contributed by atoms with Gasteiger partial charge in [-0.05, 0) is 31.2 Å². The van der Waals surface area contributed by atoms with Gasteiger partial charge in [-0.25, -0.2) is 27.8 Å². The van der Waals surface area contributed by atoms with Crippen LogP contribution in [0.2, 0.25) is 0 Å². The third kappa shape index (κ3) is 4.63. The zero-order valence-corrected chi connectivity index (χ0v) is 19.1. The summed E-state index contributed by atoms with van der Waals surface area (Å²) in [6.45, 7) is 6.56. The number of fused-ring (bicyclic) bond motifs is 1. The van der Waals surface area contributed by atoms with E-state index in [2.05, 4.69) is 20.1 Å². The lowest BCUT2D eigenvalue weighted by molar-refractivity contribution is 0.583. The maximum atomic E-state index is 12.5. The Bertz CT molecular complexity index is 1320. The minimum Gasteiger partial charge on any atom is -0.368 e. The second-order valence-corrected chi connectivity index (χ2v) is 9.62. The molecular formula is C23H26N6O2S. The molecule has 0 fully saturated rings. The van der Waals surface area contributed by atoms with Crippen LogP contribution in [0.1, 0.15) is 31.2 Å². The van der Waals surface area contributed by atoms with Gasteiger partial charge in [-0.3, -0.25) is 0 Å². The number of sulfonamides is 1. The molecule has 4 aromatic rings. The summed E-state index contributed by atoms with van der Waals surface area (Å²) in [6, 6.07) is 16.6. The molecule has 0 aliphatic heterocycles. The van der Waals surface area contributed by atoms with Crippen LogP contribution in [-0.4, -0.2) is 41.3 Å². The molecule has 2 heterocycles. The summed E-state index contributed by atoms with van der Waals surface area (Å²) in [7, 11) is -3.57. The van der Waals surface area contributed by atoms with Gasteiger partial charge in [0.1, 0.15) is 11.6 Å². The standard InChI is InChI=1S/C23H26N6O2S/c1-16(2)21-27-22(20-15-25-29(23(20)28-21)18-7-5-4-6-8-18)24-13-14-26-32(30,31)19-11-9-17(3)10-12-19/h4-12,15-16,26H,13-14H2,1-3H3,(H,24,27,28). The van der Waals surface area contributed by atoms with Gasteiger partial charge >= 0.3 is 0 Å². The van der Waals surface area contributed by atoms with E-state index in [0.717, 1.165) is 16.6 Å². The zero-order chi connectivity index (χ0) is 22.7. The van der Waals surface area contributed by atoms with Crippen LogP contribution in [0.25, 0.3) is 16.7 Å². The van der Waals surface area contributed by atoms with Crippen molar-refractivity contribution in [2.24, 2.45) is 0 Å². The van der Waals surface area contributed by atoms with Crippen molar-refractivity contribution in [2.45, 2.75) is 31.6 Å². The molecule has 0 bridgehead atoms. The number of para-hydroxylation sites is 1. The molecule has 0 aliphatic carbocycles. The lowest BCUT2D eigenvalue weighted by Gasteiger charge is -2.12. The molecule has 8 nitrogen and oxygen atoms in total. The smallest absolute Gasteiger partial charge is 0.240 e. The van der Waals surface area contributed by atoms with Crippen molar-refractivity contribution in [2.75, 3.05) is 18.4 Å². The molecule has 0 amide bonds. The fourth-order valence-corrected chi connectivity index (χ4v) is 4.27. The molecule has 166 valence electrons. The van der Waals surface area contributed by atoms with E-state index >= 15 is 0 Å². The Kier molecular flexibility index (Phi) is 6.20. The van der Waals surface area contributed by atoms with Gasteiger partial charge in [0.25, 0.3) is 0 Å². The first-order chi connectivity index (χ1) is 15.3. The lowest BCUT2D eigenvalue weighted by atomic mass is 10.2. The van der Waals surface area contributed by atoms with Crippen LogP contribution in [0, 0.1) is 6.92 Å². The molecule has 4 rings (SSSR count). The Balaban J connectivity index is 1.54. The summed E-state index contributed by atoms with van der Waals surface area (Å²) >= 11 is 0. The Morgan fingerprint density at radius 3 is 2.38 bits per heavy atom. The normalized spacial score (nSPS) is 11.9.